The molecule has 1 aromatic heterocycles. The first-order chi connectivity index (χ1) is 6.66. The van der Waals surface area contributed by atoms with Gasteiger partial charge < -0.3 is 5.73 Å². The fourth-order valence-electron chi connectivity index (χ4n) is 1.48. The maximum atomic E-state index is 5.87. The first-order valence-electron chi connectivity index (χ1n) is 4.53. The van der Waals surface area contributed by atoms with Crippen LogP contribution >= 0.6 is 11.6 Å². The minimum Gasteiger partial charge on any atom is -0.326 e. The molecule has 0 amide bonds. The van der Waals surface area contributed by atoms with Crippen molar-refractivity contribution in [2.45, 2.75) is 19.5 Å². The van der Waals surface area contributed by atoms with Crippen LogP contribution < -0.4 is 5.73 Å². The van der Waals surface area contributed by atoms with Crippen LogP contribution in [0.3, 0.4) is 0 Å². The first-order valence-corrected chi connectivity index (χ1v) is 4.91. The van der Waals surface area contributed by atoms with E-state index in [1.165, 1.54) is 0 Å². The van der Waals surface area contributed by atoms with Gasteiger partial charge in [-0.2, -0.15) is 5.10 Å². The van der Waals surface area contributed by atoms with Gasteiger partial charge in [0.1, 0.15) is 0 Å². The second-order valence-corrected chi connectivity index (χ2v) is 3.94. The molecule has 2 rings (SSSR count). The molecule has 0 aliphatic carbocycles. The minimum atomic E-state index is 0.105. The Morgan fingerprint density at radius 1 is 1.57 bits per heavy atom. The van der Waals surface area contributed by atoms with Crippen molar-refractivity contribution in [3.8, 4) is 0 Å². The Hall–Kier alpha value is -1.06. The van der Waals surface area contributed by atoms with Crippen molar-refractivity contribution in [2.75, 3.05) is 0 Å². The lowest BCUT2D eigenvalue weighted by Gasteiger charge is -2.06. The second-order valence-electron chi connectivity index (χ2n) is 3.51. The SMILES string of the molecule is CC(N)Cn1ncc2cc(Cl)ccc21. The maximum Gasteiger partial charge on any atom is 0.0684 e. The van der Waals surface area contributed by atoms with Crippen LogP contribution in [-0.4, -0.2) is 15.8 Å². The van der Waals surface area contributed by atoms with E-state index in [-0.39, 0.29) is 6.04 Å². The van der Waals surface area contributed by atoms with Gasteiger partial charge in [-0.05, 0) is 25.1 Å². The number of nitrogens with zero attached hydrogens (tertiary/aromatic N) is 2. The van der Waals surface area contributed by atoms with Crippen molar-refractivity contribution in [3.05, 3.63) is 29.4 Å². The molecule has 0 aliphatic rings. The largest absolute Gasteiger partial charge is 0.326 e. The van der Waals surface area contributed by atoms with Gasteiger partial charge in [-0.25, -0.2) is 0 Å². The van der Waals surface area contributed by atoms with Crippen LogP contribution in [0, 0.1) is 0 Å². The molecule has 1 atom stereocenters. The molecular weight excluding hydrogens is 198 g/mol. The second kappa shape index (κ2) is 3.59. The highest BCUT2D eigenvalue weighted by Gasteiger charge is 2.04. The molecule has 1 aromatic carbocycles. The lowest BCUT2D eigenvalue weighted by atomic mass is 10.2. The molecule has 0 saturated carbocycles. The Labute approximate surface area is 87.5 Å². The summed E-state index contributed by atoms with van der Waals surface area (Å²) in [6.45, 7) is 2.69. The summed E-state index contributed by atoms with van der Waals surface area (Å²) >= 11 is 5.87. The molecule has 0 bridgehead atoms. The monoisotopic (exact) mass is 209 g/mol. The van der Waals surface area contributed by atoms with Crippen molar-refractivity contribution in [2.24, 2.45) is 5.73 Å². The van der Waals surface area contributed by atoms with Crippen LogP contribution in [0.1, 0.15) is 6.92 Å². The smallest absolute Gasteiger partial charge is 0.0684 e. The van der Waals surface area contributed by atoms with E-state index in [1.807, 2.05) is 36.0 Å². The lowest BCUT2D eigenvalue weighted by molar-refractivity contribution is 0.553. The molecule has 0 fully saturated rings. The van der Waals surface area contributed by atoms with Gasteiger partial charge in [0.05, 0.1) is 18.3 Å². The Bertz CT molecular complexity index is 448. The predicted molar refractivity (Wildman–Crippen MR) is 58.4 cm³/mol. The third kappa shape index (κ3) is 1.74. The number of aromatic nitrogens is 2. The topological polar surface area (TPSA) is 43.8 Å². The summed E-state index contributed by atoms with van der Waals surface area (Å²) in [4.78, 5) is 0. The minimum absolute atomic E-state index is 0.105. The summed E-state index contributed by atoms with van der Waals surface area (Å²) in [5.41, 5.74) is 6.79. The van der Waals surface area contributed by atoms with Gasteiger partial charge in [0, 0.05) is 16.5 Å². The lowest BCUT2D eigenvalue weighted by Crippen LogP contribution is -2.22. The van der Waals surface area contributed by atoms with E-state index in [1.54, 1.807) is 0 Å². The van der Waals surface area contributed by atoms with E-state index in [2.05, 4.69) is 5.10 Å². The van der Waals surface area contributed by atoms with Crippen LogP contribution in [0.25, 0.3) is 10.9 Å². The fraction of sp³-hybridized carbons (Fsp3) is 0.300. The van der Waals surface area contributed by atoms with Crippen LogP contribution in [0.5, 0.6) is 0 Å². The molecule has 74 valence electrons. The molecule has 3 nitrogen and oxygen atoms in total. The molecule has 14 heavy (non-hydrogen) atoms. The third-order valence-electron chi connectivity index (χ3n) is 2.06. The number of nitrogens with two attached hydrogens (primary N) is 1. The van der Waals surface area contributed by atoms with Crippen LogP contribution in [-0.2, 0) is 6.54 Å². The van der Waals surface area contributed by atoms with Gasteiger partial charge in [0.25, 0.3) is 0 Å². The summed E-state index contributed by atoms with van der Waals surface area (Å²) in [5.74, 6) is 0. The summed E-state index contributed by atoms with van der Waals surface area (Å²) in [5, 5.41) is 6.04. The van der Waals surface area contributed by atoms with Crippen molar-refractivity contribution in [1.29, 1.82) is 0 Å². The first kappa shape index (κ1) is 9.49. The molecule has 0 spiro atoms. The number of fused-ring (bicyclic) bond motifs is 1. The van der Waals surface area contributed by atoms with Crippen LogP contribution in [0.15, 0.2) is 24.4 Å². The normalized spacial score (nSPS) is 13.4. The van der Waals surface area contributed by atoms with Crippen molar-refractivity contribution >= 4 is 22.5 Å². The average molecular weight is 210 g/mol. The average Bonchev–Trinajstić information content (AvgIpc) is 2.47. The Kier molecular flexibility index (Phi) is 2.44. The van der Waals surface area contributed by atoms with Crippen LogP contribution in [0.2, 0.25) is 5.02 Å². The van der Waals surface area contributed by atoms with Gasteiger partial charge in [-0.1, -0.05) is 11.6 Å². The van der Waals surface area contributed by atoms with E-state index in [0.717, 1.165) is 22.5 Å². The summed E-state index contributed by atoms with van der Waals surface area (Å²) in [6, 6.07) is 5.84. The Balaban J connectivity index is 2.47. The zero-order valence-corrected chi connectivity index (χ0v) is 8.70. The van der Waals surface area contributed by atoms with E-state index < -0.39 is 0 Å². The molecule has 0 aliphatic heterocycles. The molecule has 2 aromatic rings. The predicted octanol–water partition coefficient (Wildman–Crippen LogP) is 2.04. The van der Waals surface area contributed by atoms with Gasteiger partial charge in [0.2, 0.25) is 0 Å². The van der Waals surface area contributed by atoms with E-state index in [9.17, 15) is 0 Å². The van der Waals surface area contributed by atoms with Crippen molar-refractivity contribution in [3.63, 3.8) is 0 Å². The van der Waals surface area contributed by atoms with Gasteiger partial charge in [0.15, 0.2) is 0 Å². The number of hydrogen-bond acceptors (Lipinski definition) is 2. The highest BCUT2D eigenvalue weighted by atomic mass is 35.5. The summed E-state index contributed by atoms with van der Waals surface area (Å²) in [6.07, 6.45) is 1.81. The molecule has 0 saturated heterocycles. The number of hydrogen-bond donors (Lipinski definition) is 1. The van der Waals surface area contributed by atoms with Gasteiger partial charge in [-0.15, -0.1) is 0 Å². The quantitative estimate of drug-likeness (QED) is 0.823. The molecule has 2 N–H and O–H groups in total. The van der Waals surface area contributed by atoms with Crippen molar-refractivity contribution < 1.29 is 0 Å². The van der Waals surface area contributed by atoms with Crippen LogP contribution in [0.4, 0.5) is 0 Å². The molecule has 1 unspecified atom stereocenters. The molecule has 4 heteroatoms. The summed E-state index contributed by atoms with van der Waals surface area (Å²) in [7, 11) is 0. The highest BCUT2D eigenvalue weighted by molar-refractivity contribution is 6.31. The van der Waals surface area contributed by atoms with Crippen molar-refractivity contribution in [1.82, 2.24) is 9.78 Å². The number of halogens is 1. The third-order valence-corrected chi connectivity index (χ3v) is 2.30. The molecular formula is C10H12ClN3. The fourth-order valence-corrected chi connectivity index (χ4v) is 1.66. The number of benzene rings is 1. The van der Waals surface area contributed by atoms with Gasteiger partial charge >= 0.3 is 0 Å². The van der Waals surface area contributed by atoms with Gasteiger partial charge in [-0.3, -0.25) is 4.68 Å². The molecule has 0 radical (unpaired) electrons. The maximum absolute atomic E-state index is 5.87. The zero-order valence-electron chi connectivity index (χ0n) is 7.94. The Morgan fingerprint density at radius 2 is 2.36 bits per heavy atom. The Morgan fingerprint density at radius 3 is 3.07 bits per heavy atom. The highest BCUT2D eigenvalue weighted by Crippen LogP contribution is 2.18. The standard InChI is InChI=1S/C10H12ClN3/c1-7(12)6-14-10-3-2-9(11)4-8(10)5-13-14/h2-5,7H,6,12H2,1H3. The molecule has 1 heterocycles. The zero-order chi connectivity index (χ0) is 10.1. The van der Waals surface area contributed by atoms with E-state index >= 15 is 0 Å². The number of rotatable bonds is 2. The summed E-state index contributed by atoms with van der Waals surface area (Å²) < 4.78 is 1.90. The van der Waals surface area contributed by atoms with E-state index in [4.69, 9.17) is 17.3 Å². The van der Waals surface area contributed by atoms with E-state index in [0.29, 0.717) is 0 Å².